The van der Waals surface area contributed by atoms with Crippen LogP contribution in [0, 0.1) is 0 Å². The molecule has 1 aromatic heterocycles. The molecule has 0 spiro atoms. The van der Waals surface area contributed by atoms with Crippen molar-refractivity contribution >= 4 is 6.03 Å². The quantitative estimate of drug-likeness (QED) is 0.474. The van der Waals surface area contributed by atoms with Gasteiger partial charge in [0.2, 0.25) is 0 Å². The highest BCUT2D eigenvalue weighted by Gasteiger charge is 2.37. The van der Waals surface area contributed by atoms with E-state index >= 15 is 0 Å². The number of alkyl halides is 3. The Labute approximate surface area is 202 Å². The molecule has 3 aromatic rings. The summed E-state index contributed by atoms with van der Waals surface area (Å²) in [5.74, 6) is 0. The van der Waals surface area contributed by atoms with Crippen LogP contribution in [-0.2, 0) is 17.5 Å². The standard InChI is InChI=1S/C27H28F3N3O2/c1-26(2,3)32-25(34)33-15-22(16-33)35-17-21-6-4-8-23(24(21)27(28,29)30)19-11-9-18(10-12-19)20-7-5-13-31-14-20/h4-14,22H,15-17H2,1-3H3,(H,32,34). The van der Waals surface area contributed by atoms with Gasteiger partial charge in [-0.1, -0.05) is 48.5 Å². The Morgan fingerprint density at radius 2 is 1.69 bits per heavy atom. The second-order valence-electron chi connectivity index (χ2n) is 9.67. The number of carbonyl (C=O) groups excluding carboxylic acids is 1. The molecule has 0 saturated carbocycles. The molecule has 2 amide bonds. The number of halogens is 3. The first-order valence-corrected chi connectivity index (χ1v) is 11.4. The summed E-state index contributed by atoms with van der Waals surface area (Å²) in [5.41, 5.74) is 1.36. The fourth-order valence-electron chi connectivity index (χ4n) is 3.99. The Kier molecular flexibility index (Phi) is 6.85. The van der Waals surface area contributed by atoms with Gasteiger partial charge in [-0.15, -0.1) is 0 Å². The second kappa shape index (κ2) is 9.70. The second-order valence-corrected chi connectivity index (χ2v) is 9.67. The number of urea groups is 1. The molecule has 35 heavy (non-hydrogen) atoms. The smallest absolute Gasteiger partial charge is 0.370 e. The summed E-state index contributed by atoms with van der Waals surface area (Å²) in [4.78, 5) is 17.8. The highest BCUT2D eigenvalue weighted by Crippen LogP contribution is 2.40. The van der Waals surface area contributed by atoms with Crippen LogP contribution in [0.25, 0.3) is 22.3 Å². The van der Waals surface area contributed by atoms with Gasteiger partial charge in [0.15, 0.2) is 0 Å². The predicted octanol–water partition coefficient (Wildman–Crippen LogP) is 6.14. The van der Waals surface area contributed by atoms with Crippen LogP contribution in [0.2, 0.25) is 0 Å². The minimum Gasteiger partial charge on any atom is -0.370 e. The average Bonchev–Trinajstić information content (AvgIpc) is 2.76. The summed E-state index contributed by atoms with van der Waals surface area (Å²) in [7, 11) is 0. The fourth-order valence-corrected chi connectivity index (χ4v) is 3.99. The molecule has 0 atom stereocenters. The van der Waals surface area contributed by atoms with E-state index in [0.717, 1.165) is 11.1 Å². The van der Waals surface area contributed by atoms with Crippen molar-refractivity contribution in [2.24, 2.45) is 0 Å². The lowest BCUT2D eigenvalue weighted by Gasteiger charge is -2.40. The first-order valence-electron chi connectivity index (χ1n) is 11.4. The maximum absolute atomic E-state index is 14.2. The number of amides is 2. The van der Waals surface area contributed by atoms with E-state index in [2.05, 4.69) is 10.3 Å². The summed E-state index contributed by atoms with van der Waals surface area (Å²) in [6.45, 7) is 6.16. The van der Waals surface area contributed by atoms with E-state index in [9.17, 15) is 18.0 Å². The van der Waals surface area contributed by atoms with Gasteiger partial charge in [-0.25, -0.2) is 4.79 Å². The molecule has 0 unspecified atom stereocenters. The van der Waals surface area contributed by atoms with Gasteiger partial charge >= 0.3 is 12.2 Å². The number of carbonyl (C=O) groups is 1. The average molecular weight is 484 g/mol. The van der Waals surface area contributed by atoms with Crippen LogP contribution in [0.4, 0.5) is 18.0 Å². The van der Waals surface area contributed by atoms with E-state index < -0.39 is 11.7 Å². The largest absolute Gasteiger partial charge is 0.417 e. The first-order chi connectivity index (χ1) is 16.5. The topological polar surface area (TPSA) is 54.5 Å². The van der Waals surface area contributed by atoms with Gasteiger partial charge in [0.25, 0.3) is 0 Å². The molecule has 8 heteroatoms. The molecule has 1 aliphatic heterocycles. The minimum absolute atomic E-state index is 0.0731. The van der Waals surface area contributed by atoms with Gasteiger partial charge in [0.05, 0.1) is 31.4 Å². The van der Waals surface area contributed by atoms with Crippen molar-refractivity contribution in [2.45, 2.75) is 45.2 Å². The first kappa shape index (κ1) is 24.7. The van der Waals surface area contributed by atoms with E-state index in [0.29, 0.717) is 18.7 Å². The van der Waals surface area contributed by atoms with E-state index in [4.69, 9.17) is 4.74 Å². The number of likely N-dealkylation sites (tertiary alicyclic amines) is 1. The maximum atomic E-state index is 14.2. The maximum Gasteiger partial charge on any atom is 0.417 e. The van der Waals surface area contributed by atoms with E-state index in [1.807, 2.05) is 32.9 Å². The van der Waals surface area contributed by atoms with Crippen molar-refractivity contribution in [1.82, 2.24) is 15.2 Å². The normalized spacial score (nSPS) is 14.5. The summed E-state index contributed by atoms with van der Waals surface area (Å²) in [6, 6.07) is 15.0. The predicted molar refractivity (Wildman–Crippen MR) is 129 cm³/mol. The van der Waals surface area contributed by atoms with Crippen molar-refractivity contribution in [3.8, 4) is 22.3 Å². The molecule has 2 heterocycles. The molecule has 0 radical (unpaired) electrons. The molecule has 1 fully saturated rings. The number of hydrogen-bond acceptors (Lipinski definition) is 3. The number of nitrogens with zero attached hydrogens (tertiary/aromatic N) is 2. The van der Waals surface area contributed by atoms with Crippen molar-refractivity contribution in [1.29, 1.82) is 0 Å². The third kappa shape index (κ3) is 6.00. The molecule has 2 aromatic carbocycles. The summed E-state index contributed by atoms with van der Waals surface area (Å²) >= 11 is 0. The molecule has 0 bridgehead atoms. The molecule has 1 aliphatic rings. The number of aromatic nitrogens is 1. The molecule has 4 rings (SSSR count). The number of nitrogens with one attached hydrogen (secondary N) is 1. The van der Waals surface area contributed by atoms with Crippen LogP contribution in [0.5, 0.6) is 0 Å². The SMILES string of the molecule is CC(C)(C)NC(=O)N1CC(OCc2cccc(-c3ccc(-c4cccnc4)cc3)c2C(F)(F)F)C1. The highest BCUT2D eigenvalue weighted by atomic mass is 19.4. The van der Waals surface area contributed by atoms with E-state index in [-0.39, 0.29) is 35.4 Å². The van der Waals surface area contributed by atoms with Crippen LogP contribution < -0.4 is 5.32 Å². The van der Waals surface area contributed by atoms with E-state index in [1.54, 1.807) is 47.6 Å². The van der Waals surface area contributed by atoms with Crippen LogP contribution >= 0.6 is 0 Å². The Morgan fingerprint density at radius 1 is 1.00 bits per heavy atom. The molecule has 1 saturated heterocycles. The van der Waals surface area contributed by atoms with Crippen LogP contribution in [0.1, 0.15) is 31.9 Å². The molecule has 1 N–H and O–H groups in total. The van der Waals surface area contributed by atoms with Gasteiger partial charge < -0.3 is 15.0 Å². The number of benzene rings is 2. The lowest BCUT2D eigenvalue weighted by Crippen LogP contribution is -2.60. The van der Waals surface area contributed by atoms with Gasteiger partial charge in [-0.05, 0) is 54.7 Å². The minimum atomic E-state index is -4.55. The monoisotopic (exact) mass is 483 g/mol. The Hall–Kier alpha value is -3.39. The van der Waals surface area contributed by atoms with Crippen LogP contribution in [-0.4, -0.2) is 40.6 Å². The lowest BCUT2D eigenvalue weighted by molar-refractivity contribution is -0.139. The third-order valence-corrected chi connectivity index (χ3v) is 5.72. The van der Waals surface area contributed by atoms with Crippen molar-refractivity contribution in [3.63, 3.8) is 0 Å². The summed E-state index contributed by atoms with van der Waals surface area (Å²) in [6.07, 6.45) is -1.47. The molecule has 0 aliphatic carbocycles. The molecule has 184 valence electrons. The number of hydrogen-bond donors (Lipinski definition) is 1. The molecular weight excluding hydrogens is 455 g/mol. The third-order valence-electron chi connectivity index (χ3n) is 5.72. The van der Waals surface area contributed by atoms with Crippen molar-refractivity contribution in [3.05, 3.63) is 78.1 Å². The van der Waals surface area contributed by atoms with Crippen molar-refractivity contribution < 1.29 is 22.7 Å². The Balaban J connectivity index is 1.49. The van der Waals surface area contributed by atoms with Crippen LogP contribution in [0.15, 0.2) is 67.0 Å². The van der Waals surface area contributed by atoms with Gasteiger partial charge in [-0.3, -0.25) is 4.98 Å². The fraction of sp³-hybridized carbons (Fsp3) is 0.333. The van der Waals surface area contributed by atoms with E-state index in [1.165, 1.54) is 12.1 Å². The Bertz CT molecular complexity index is 1170. The number of rotatable bonds is 5. The van der Waals surface area contributed by atoms with Gasteiger partial charge in [0.1, 0.15) is 0 Å². The number of pyridine rings is 1. The highest BCUT2D eigenvalue weighted by molar-refractivity contribution is 5.76. The lowest BCUT2D eigenvalue weighted by atomic mass is 9.94. The molecule has 5 nitrogen and oxygen atoms in total. The zero-order chi connectivity index (χ0) is 25.2. The van der Waals surface area contributed by atoms with Gasteiger partial charge in [-0.2, -0.15) is 13.2 Å². The molecular formula is C27H28F3N3O2. The van der Waals surface area contributed by atoms with Crippen molar-refractivity contribution in [2.75, 3.05) is 13.1 Å². The number of ether oxygens (including phenoxy) is 1. The zero-order valence-electron chi connectivity index (χ0n) is 19.9. The summed E-state index contributed by atoms with van der Waals surface area (Å²) < 4.78 is 48.2. The Morgan fingerprint density at radius 3 is 2.29 bits per heavy atom. The van der Waals surface area contributed by atoms with Gasteiger partial charge in [0, 0.05) is 17.9 Å². The zero-order valence-corrected chi connectivity index (χ0v) is 19.9. The summed E-state index contributed by atoms with van der Waals surface area (Å²) in [5, 5.41) is 2.86. The van der Waals surface area contributed by atoms with Crippen LogP contribution in [0.3, 0.4) is 0 Å².